The molecule has 3 aromatic rings. The number of nitrogen functional groups attached to an aromatic ring is 1. The van der Waals surface area contributed by atoms with E-state index >= 15 is 0 Å². The van der Waals surface area contributed by atoms with Crippen molar-refractivity contribution in [2.24, 2.45) is 5.14 Å². The predicted octanol–water partition coefficient (Wildman–Crippen LogP) is 3.58. The molecule has 1 aromatic heterocycles. The zero-order valence-corrected chi connectivity index (χ0v) is 17.2. The van der Waals surface area contributed by atoms with Crippen LogP contribution >= 0.6 is 45.5 Å². The lowest BCUT2D eigenvalue weighted by Gasteiger charge is -2.14. The molecule has 0 aliphatic carbocycles. The summed E-state index contributed by atoms with van der Waals surface area (Å²) >= 11 is 9.33. The van der Waals surface area contributed by atoms with Gasteiger partial charge in [0.05, 0.1) is 16.4 Å². The number of benzene rings is 2. The number of primary sulfonamides is 1. The molecule has 0 saturated heterocycles. The van der Waals surface area contributed by atoms with Gasteiger partial charge in [-0.15, -0.1) is 10.2 Å². The highest BCUT2D eigenvalue weighted by atomic mass is 127. The van der Waals surface area contributed by atoms with Gasteiger partial charge in [-0.3, -0.25) is 0 Å². The molecular formula is C14H10ClFIN5O2S2. The quantitative estimate of drug-likeness (QED) is 0.447. The summed E-state index contributed by atoms with van der Waals surface area (Å²) in [7, 11) is -4.27. The number of nitrogens with two attached hydrogens (primary N) is 2. The summed E-state index contributed by atoms with van der Waals surface area (Å²) < 4.78 is 38.5. The first-order chi connectivity index (χ1) is 12.1. The third kappa shape index (κ3) is 4.06. The number of anilines is 3. The Hall–Kier alpha value is -1.54. The third-order valence-corrected chi connectivity index (χ3v) is 5.95. The standard InChI is InChI=1S/C14H10ClFIN5O2S2/c15-8-3-6(17)1-2-10(8)20-11-5-9(16)12(26(19,23)24)4-7(11)13-21-22-14(18)25-13/h1-5,20H,(H2,18,22)(H2,19,23,24). The second kappa shape index (κ2) is 7.23. The van der Waals surface area contributed by atoms with Gasteiger partial charge in [-0.1, -0.05) is 22.9 Å². The highest BCUT2D eigenvalue weighted by Crippen LogP contribution is 2.37. The molecule has 12 heteroatoms. The van der Waals surface area contributed by atoms with Crippen LogP contribution in [0.3, 0.4) is 0 Å². The summed E-state index contributed by atoms with van der Waals surface area (Å²) in [6, 6.07) is 7.36. The van der Waals surface area contributed by atoms with Crippen molar-refractivity contribution in [2.75, 3.05) is 11.1 Å². The van der Waals surface area contributed by atoms with Crippen molar-refractivity contribution in [3.05, 3.63) is 44.7 Å². The van der Waals surface area contributed by atoms with Gasteiger partial charge in [-0.2, -0.15) is 0 Å². The molecule has 0 unspecified atom stereocenters. The largest absolute Gasteiger partial charge is 0.374 e. The lowest BCUT2D eigenvalue weighted by Crippen LogP contribution is -2.14. The highest BCUT2D eigenvalue weighted by molar-refractivity contribution is 14.1. The summed E-state index contributed by atoms with van der Waals surface area (Å²) in [6.45, 7) is 0. The smallest absolute Gasteiger partial charge is 0.240 e. The van der Waals surface area contributed by atoms with E-state index in [0.717, 1.165) is 27.0 Å². The zero-order valence-electron chi connectivity index (χ0n) is 12.7. The first kappa shape index (κ1) is 19.2. The fourth-order valence-electron chi connectivity index (χ4n) is 2.13. The van der Waals surface area contributed by atoms with E-state index in [1.54, 1.807) is 12.1 Å². The maximum absolute atomic E-state index is 14.3. The number of nitrogens with one attached hydrogen (secondary N) is 1. The molecule has 0 fully saturated rings. The molecule has 7 nitrogen and oxygen atoms in total. The second-order valence-electron chi connectivity index (χ2n) is 5.07. The molecular weight excluding hydrogens is 516 g/mol. The van der Waals surface area contributed by atoms with Crippen LogP contribution in [-0.2, 0) is 10.0 Å². The van der Waals surface area contributed by atoms with E-state index in [2.05, 4.69) is 38.1 Å². The monoisotopic (exact) mass is 525 g/mol. The van der Waals surface area contributed by atoms with Crippen LogP contribution in [0.4, 0.5) is 20.9 Å². The summed E-state index contributed by atoms with van der Waals surface area (Å²) in [5.74, 6) is -1.00. The molecule has 2 aromatic carbocycles. The fraction of sp³-hybridized carbons (Fsp3) is 0. The Kier molecular flexibility index (Phi) is 5.35. The first-order valence-electron chi connectivity index (χ1n) is 6.83. The Balaban J connectivity index is 2.18. The molecule has 0 amide bonds. The number of hydrogen-bond acceptors (Lipinski definition) is 7. The minimum absolute atomic E-state index is 0.180. The van der Waals surface area contributed by atoms with Crippen LogP contribution in [0.1, 0.15) is 0 Å². The summed E-state index contributed by atoms with van der Waals surface area (Å²) in [6.07, 6.45) is 0. The van der Waals surface area contributed by atoms with Gasteiger partial charge in [0.25, 0.3) is 0 Å². The molecule has 26 heavy (non-hydrogen) atoms. The van der Waals surface area contributed by atoms with E-state index in [0.29, 0.717) is 15.7 Å². The Morgan fingerprint density at radius 2 is 1.92 bits per heavy atom. The van der Waals surface area contributed by atoms with Crippen molar-refractivity contribution >= 4 is 72.1 Å². The first-order valence-corrected chi connectivity index (χ1v) is 10.6. The molecule has 136 valence electrons. The Labute approximate surface area is 170 Å². The van der Waals surface area contributed by atoms with E-state index in [9.17, 15) is 12.8 Å². The van der Waals surface area contributed by atoms with Crippen LogP contribution in [0.15, 0.2) is 35.2 Å². The Morgan fingerprint density at radius 1 is 1.19 bits per heavy atom. The van der Waals surface area contributed by atoms with Gasteiger partial charge < -0.3 is 11.1 Å². The molecule has 0 spiro atoms. The highest BCUT2D eigenvalue weighted by Gasteiger charge is 2.21. The Morgan fingerprint density at radius 3 is 2.50 bits per heavy atom. The number of nitrogens with zero attached hydrogens (tertiary/aromatic N) is 2. The number of rotatable bonds is 4. The molecule has 0 atom stereocenters. The van der Waals surface area contributed by atoms with Crippen molar-refractivity contribution in [1.29, 1.82) is 0 Å². The summed E-state index contributed by atoms with van der Waals surface area (Å²) in [4.78, 5) is -0.652. The molecule has 0 bridgehead atoms. The van der Waals surface area contributed by atoms with Crippen LogP contribution in [0.25, 0.3) is 10.6 Å². The van der Waals surface area contributed by atoms with Crippen molar-refractivity contribution in [2.45, 2.75) is 4.90 Å². The minimum atomic E-state index is -4.27. The minimum Gasteiger partial charge on any atom is -0.374 e. The van der Waals surface area contributed by atoms with Crippen molar-refractivity contribution in [1.82, 2.24) is 10.2 Å². The average molecular weight is 526 g/mol. The number of hydrogen-bond donors (Lipinski definition) is 3. The van der Waals surface area contributed by atoms with Gasteiger partial charge in [-0.05, 0) is 52.9 Å². The van der Waals surface area contributed by atoms with Crippen LogP contribution < -0.4 is 16.2 Å². The van der Waals surface area contributed by atoms with Gasteiger partial charge in [0, 0.05) is 9.13 Å². The van der Waals surface area contributed by atoms with E-state index in [1.807, 2.05) is 6.07 Å². The van der Waals surface area contributed by atoms with Gasteiger partial charge >= 0.3 is 0 Å². The predicted molar refractivity (Wildman–Crippen MR) is 109 cm³/mol. The molecule has 1 heterocycles. The van der Waals surface area contributed by atoms with Crippen LogP contribution in [0.5, 0.6) is 0 Å². The molecule has 0 aliphatic rings. The molecule has 3 rings (SSSR count). The van der Waals surface area contributed by atoms with E-state index in [1.165, 1.54) is 0 Å². The number of halogens is 3. The van der Waals surface area contributed by atoms with Crippen molar-refractivity contribution in [3.8, 4) is 10.6 Å². The van der Waals surface area contributed by atoms with Crippen LogP contribution in [0.2, 0.25) is 5.02 Å². The third-order valence-electron chi connectivity index (χ3n) is 3.25. The van der Waals surface area contributed by atoms with E-state index in [-0.39, 0.29) is 16.4 Å². The van der Waals surface area contributed by atoms with Crippen molar-refractivity contribution < 1.29 is 12.8 Å². The van der Waals surface area contributed by atoms with Gasteiger partial charge in [0.15, 0.2) is 5.01 Å². The zero-order chi connectivity index (χ0) is 19.1. The maximum atomic E-state index is 14.3. The number of aromatic nitrogens is 2. The topological polar surface area (TPSA) is 124 Å². The fourth-order valence-corrected chi connectivity index (χ4v) is 4.29. The van der Waals surface area contributed by atoms with Crippen LogP contribution in [0, 0.1) is 9.39 Å². The lowest BCUT2D eigenvalue weighted by atomic mass is 10.1. The molecule has 0 aliphatic heterocycles. The second-order valence-corrected chi connectivity index (χ2v) is 9.26. The van der Waals surface area contributed by atoms with Gasteiger partial charge in [0.2, 0.25) is 15.2 Å². The average Bonchev–Trinajstić information content (AvgIpc) is 2.95. The SMILES string of the molecule is Nc1nnc(-c2cc(S(N)(=O)=O)c(F)cc2Nc2ccc(I)cc2Cl)s1. The number of sulfonamides is 1. The van der Waals surface area contributed by atoms with Gasteiger partial charge in [-0.25, -0.2) is 17.9 Å². The summed E-state index contributed by atoms with van der Waals surface area (Å²) in [5, 5.41) is 16.6. The maximum Gasteiger partial charge on any atom is 0.240 e. The van der Waals surface area contributed by atoms with E-state index < -0.39 is 20.7 Å². The van der Waals surface area contributed by atoms with Crippen molar-refractivity contribution in [3.63, 3.8) is 0 Å². The van der Waals surface area contributed by atoms with E-state index in [4.69, 9.17) is 22.5 Å². The van der Waals surface area contributed by atoms with Gasteiger partial charge in [0.1, 0.15) is 10.7 Å². The molecule has 5 N–H and O–H groups in total. The Bertz CT molecular complexity index is 1110. The summed E-state index contributed by atoms with van der Waals surface area (Å²) in [5.41, 5.74) is 6.63. The molecule has 0 saturated carbocycles. The lowest BCUT2D eigenvalue weighted by molar-refractivity contribution is 0.568. The molecule has 0 radical (unpaired) electrons. The van der Waals surface area contributed by atoms with Crippen LogP contribution in [-0.4, -0.2) is 18.6 Å². The normalized spacial score (nSPS) is 11.5.